The highest BCUT2D eigenvalue weighted by Crippen LogP contribution is 2.43. The SMILES string of the molecule is COCC(=O)NC(C1=Cc2cccnc2[C@@H](N2CCN(C(=O)OC(C)C)CC2)c2ccc(C)cc21)c1cncn1C. The molecule has 10 nitrogen and oxygen atoms in total. The largest absolute Gasteiger partial charge is 0.447 e. The topological polar surface area (TPSA) is 102 Å². The van der Waals surface area contributed by atoms with Crippen LogP contribution >= 0.6 is 0 Å². The molecule has 1 aliphatic heterocycles. The van der Waals surface area contributed by atoms with Crippen molar-refractivity contribution in [2.45, 2.75) is 39.0 Å². The third kappa shape index (κ3) is 6.03. The molecular weight excluding hydrogens is 520 g/mol. The van der Waals surface area contributed by atoms with E-state index < -0.39 is 6.04 Å². The number of aromatic nitrogens is 3. The van der Waals surface area contributed by atoms with Crippen molar-refractivity contribution in [3.63, 3.8) is 0 Å². The summed E-state index contributed by atoms with van der Waals surface area (Å²) in [6.07, 6.45) is 7.06. The van der Waals surface area contributed by atoms with Gasteiger partial charge in [0.2, 0.25) is 5.91 Å². The number of nitrogens with one attached hydrogen (secondary N) is 1. The highest BCUT2D eigenvalue weighted by atomic mass is 16.6. The zero-order valence-corrected chi connectivity index (χ0v) is 24.3. The van der Waals surface area contributed by atoms with Crippen molar-refractivity contribution >= 4 is 23.6 Å². The minimum absolute atomic E-state index is 0.0490. The number of imidazole rings is 1. The summed E-state index contributed by atoms with van der Waals surface area (Å²) < 4.78 is 12.5. The summed E-state index contributed by atoms with van der Waals surface area (Å²) in [5.41, 5.74) is 6.99. The molecule has 5 rings (SSSR count). The molecule has 1 saturated heterocycles. The first-order valence-electron chi connectivity index (χ1n) is 14.0. The van der Waals surface area contributed by atoms with E-state index in [1.165, 1.54) is 7.11 Å². The number of pyridine rings is 1. The minimum Gasteiger partial charge on any atom is -0.447 e. The number of piperazine rings is 1. The van der Waals surface area contributed by atoms with Crippen molar-refractivity contribution < 1.29 is 19.1 Å². The van der Waals surface area contributed by atoms with Gasteiger partial charge in [-0.1, -0.05) is 29.8 Å². The Morgan fingerprint density at radius 1 is 1.15 bits per heavy atom. The molecule has 1 aromatic carbocycles. The fourth-order valence-corrected chi connectivity index (χ4v) is 5.67. The molecule has 3 heterocycles. The van der Waals surface area contributed by atoms with Crippen LogP contribution in [-0.4, -0.2) is 82.3 Å². The van der Waals surface area contributed by atoms with Gasteiger partial charge < -0.3 is 24.3 Å². The first-order chi connectivity index (χ1) is 19.8. The van der Waals surface area contributed by atoms with Crippen LogP contribution in [0.15, 0.2) is 49.1 Å². The monoisotopic (exact) mass is 558 g/mol. The van der Waals surface area contributed by atoms with Crippen molar-refractivity contribution in [1.29, 1.82) is 0 Å². The molecule has 216 valence electrons. The van der Waals surface area contributed by atoms with E-state index in [-0.39, 0.29) is 30.8 Å². The standard InChI is InChI=1S/C31H38N6O4/c1-20(2)41-31(39)37-13-11-36(12-14-37)30-23-9-8-21(3)15-24(23)25(16-22-7-6-10-33-28(22)30)29(34-27(38)18-40-5)26-17-32-19-35(26)4/h6-10,15-17,19-20,29-30H,11-14,18H2,1-5H3,(H,34,38)/t29?,30-/m0/s1. The third-order valence-electron chi connectivity index (χ3n) is 7.57. The van der Waals surface area contributed by atoms with Crippen LogP contribution in [0, 0.1) is 6.92 Å². The highest BCUT2D eigenvalue weighted by Gasteiger charge is 2.36. The van der Waals surface area contributed by atoms with Crippen LogP contribution in [0.25, 0.3) is 11.6 Å². The number of carbonyl (C=O) groups excluding carboxylic acids is 2. The molecule has 2 amide bonds. The molecule has 1 aliphatic carbocycles. The zero-order chi connectivity index (χ0) is 29.1. The second-order valence-electron chi connectivity index (χ2n) is 10.9. The number of fused-ring (bicyclic) bond motifs is 2. The van der Waals surface area contributed by atoms with E-state index in [1.54, 1.807) is 17.4 Å². The zero-order valence-electron chi connectivity index (χ0n) is 24.3. The summed E-state index contributed by atoms with van der Waals surface area (Å²) in [5.74, 6) is -0.217. The van der Waals surface area contributed by atoms with Crippen molar-refractivity contribution in [2.75, 3.05) is 39.9 Å². The van der Waals surface area contributed by atoms with Gasteiger partial charge in [0.15, 0.2) is 0 Å². The lowest BCUT2D eigenvalue weighted by molar-refractivity contribution is -0.125. The smallest absolute Gasteiger partial charge is 0.410 e. The maximum atomic E-state index is 12.9. The van der Waals surface area contributed by atoms with Crippen LogP contribution in [0.1, 0.15) is 59.6 Å². The number of hydrogen-bond donors (Lipinski definition) is 1. The third-order valence-corrected chi connectivity index (χ3v) is 7.57. The van der Waals surface area contributed by atoms with Crippen LogP contribution in [0.2, 0.25) is 0 Å². The maximum absolute atomic E-state index is 12.9. The number of carbonyl (C=O) groups is 2. The number of benzene rings is 1. The lowest BCUT2D eigenvalue weighted by Gasteiger charge is -2.39. The fraction of sp³-hybridized carbons (Fsp3) is 0.419. The second kappa shape index (κ2) is 12.2. The summed E-state index contributed by atoms with van der Waals surface area (Å²) in [6.45, 7) is 8.23. The van der Waals surface area contributed by atoms with Gasteiger partial charge in [0, 0.05) is 46.5 Å². The van der Waals surface area contributed by atoms with Crippen LogP contribution in [0.3, 0.4) is 0 Å². The molecule has 0 saturated carbocycles. The minimum atomic E-state index is -0.472. The number of amides is 2. The Hall–Kier alpha value is -4.02. The Kier molecular flexibility index (Phi) is 8.51. The van der Waals surface area contributed by atoms with E-state index in [2.05, 4.69) is 52.5 Å². The lowest BCUT2D eigenvalue weighted by atomic mass is 9.88. The Labute approximate surface area is 241 Å². The van der Waals surface area contributed by atoms with Crippen LogP contribution < -0.4 is 5.32 Å². The van der Waals surface area contributed by atoms with Gasteiger partial charge in [-0.3, -0.25) is 14.7 Å². The van der Waals surface area contributed by atoms with E-state index >= 15 is 0 Å². The van der Waals surface area contributed by atoms with Gasteiger partial charge in [-0.05, 0) is 55.2 Å². The summed E-state index contributed by atoms with van der Waals surface area (Å²) >= 11 is 0. The van der Waals surface area contributed by atoms with Crippen LogP contribution in [0.5, 0.6) is 0 Å². The summed E-state index contributed by atoms with van der Waals surface area (Å²) in [7, 11) is 3.44. The first kappa shape index (κ1) is 28.5. The molecule has 1 fully saturated rings. The molecular formula is C31H38N6O4. The molecule has 0 radical (unpaired) electrons. The Bertz CT molecular complexity index is 1440. The number of hydrogen-bond acceptors (Lipinski definition) is 7. The molecule has 2 atom stereocenters. The molecule has 3 aromatic rings. The number of rotatable bonds is 7. The van der Waals surface area contributed by atoms with Gasteiger partial charge in [-0.25, -0.2) is 9.78 Å². The van der Waals surface area contributed by atoms with E-state index in [9.17, 15) is 9.59 Å². The Morgan fingerprint density at radius 3 is 2.61 bits per heavy atom. The average molecular weight is 559 g/mol. The number of ether oxygens (including phenoxy) is 2. The average Bonchev–Trinajstić information content (AvgIpc) is 3.31. The van der Waals surface area contributed by atoms with Crippen molar-refractivity contribution in [2.24, 2.45) is 7.05 Å². The number of aryl methyl sites for hydroxylation is 2. The van der Waals surface area contributed by atoms with Gasteiger partial charge >= 0.3 is 6.09 Å². The van der Waals surface area contributed by atoms with E-state index in [0.717, 1.165) is 39.2 Å². The van der Waals surface area contributed by atoms with Gasteiger partial charge in [0.1, 0.15) is 6.61 Å². The summed E-state index contributed by atoms with van der Waals surface area (Å²) in [6, 6.07) is 9.87. The van der Waals surface area contributed by atoms with Crippen LogP contribution in [0.4, 0.5) is 4.79 Å². The number of nitrogens with zero attached hydrogens (tertiary/aromatic N) is 5. The summed E-state index contributed by atoms with van der Waals surface area (Å²) in [4.78, 5) is 38.9. The number of methoxy groups -OCH3 is 1. The molecule has 1 N–H and O–H groups in total. The van der Waals surface area contributed by atoms with Gasteiger partial charge in [-0.2, -0.15) is 0 Å². The van der Waals surface area contributed by atoms with E-state index in [1.807, 2.05) is 37.7 Å². The molecule has 10 heteroatoms. The van der Waals surface area contributed by atoms with Crippen molar-refractivity contribution in [1.82, 2.24) is 29.7 Å². The van der Waals surface area contributed by atoms with E-state index in [4.69, 9.17) is 14.5 Å². The highest BCUT2D eigenvalue weighted by molar-refractivity contribution is 5.91. The quantitative estimate of drug-likeness (QED) is 0.472. The van der Waals surface area contributed by atoms with Gasteiger partial charge in [0.25, 0.3) is 0 Å². The normalized spacial score (nSPS) is 17.8. The predicted molar refractivity (Wildman–Crippen MR) is 156 cm³/mol. The van der Waals surface area contributed by atoms with E-state index in [0.29, 0.717) is 26.2 Å². The lowest BCUT2D eigenvalue weighted by Crippen LogP contribution is -2.50. The van der Waals surface area contributed by atoms with Gasteiger partial charge in [0.05, 0.1) is 42.1 Å². The predicted octanol–water partition coefficient (Wildman–Crippen LogP) is 3.73. The second-order valence-corrected chi connectivity index (χ2v) is 10.9. The molecule has 0 spiro atoms. The van der Waals surface area contributed by atoms with Crippen molar-refractivity contribution in [3.8, 4) is 0 Å². The molecule has 41 heavy (non-hydrogen) atoms. The Morgan fingerprint density at radius 2 is 1.93 bits per heavy atom. The Balaban J connectivity index is 1.59. The fourth-order valence-electron chi connectivity index (χ4n) is 5.67. The molecule has 2 aromatic heterocycles. The maximum Gasteiger partial charge on any atom is 0.410 e. The summed E-state index contributed by atoms with van der Waals surface area (Å²) in [5, 5.41) is 3.19. The molecule has 0 bridgehead atoms. The molecule has 2 aliphatic rings. The van der Waals surface area contributed by atoms with Crippen LogP contribution in [-0.2, 0) is 21.3 Å². The molecule has 1 unspecified atom stereocenters. The van der Waals surface area contributed by atoms with Crippen molar-refractivity contribution in [3.05, 3.63) is 82.7 Å². The van der Waals surface area contributed by atoms with Gasteiger partial charge in [-0.15, -0.1) is 0 Å². The first-order valence-corrected chi connectivity index (χ1v) is 14.0.